The zero-order valence-electron chi connectivity index (χ0n) is 11.7. The van der Waals surface area contributed by atoms with Crippen molar-refractivity contribution in [2.24, 2.45) is 0 Å². The number of hydrogen-bond acceptors (Lipinski definition) is 7. The second kappa shape index (κ2) is 5.61. The van der Waals surface area contributed by atoms with Gasteiger partial charge in [-0.3, -0.25) is 0 Å². The van der Waals surface area contributed by atoms with Gasteiger partial charge in [-0.2, -0.15) is 0 Å². The van der Waals surface area contributed by atoms with Crippen LogP contribution in [0.1, 0.15) is 17.4 Å². The van der Waals surface area contributed by atoms with Crippen molar-refractivity contribution in [2.45, 2.75) is 24.5 Å². The molecule has 0 saturated carbocycles. The van der Waals surface area contributed by atoms with Crippen LogP contribution in [0.2, 0.25) is 0 Å². The van der Waals surface area contributed by atoms with Gasteiger partial charge in [-0.05, 0) is 32.0 Å². The summed E-state index contributed by atoms with van der Waals surface area (Å²) in [7, 11) is 0. The van der Waals surface area contributed by atoms with Crippen LogP contribution in [0.4, 0.5) is 5.82 Å². The molecule has 3 aromatic rings. The maximum Gasteiger partial charge on any atom is 0.251 e. The molecule has 0 aliphatic rings. The highest BCUT2D eigenvalue weighted by molar-refractivity contribution is 7.98. The summed E-state index contributed by atoms with van der Waals surface area (Å²) >= 11 is 1.56. The van der Waals surface area contributed by atoms with Crippen LogP contribution in [0.15, 0.2) is 38.1 Å². The van der Waals surface area contributed by atoms with E-state index in [4.69, 9.17) is 14.6 Å². The molecule has 3 aromatic heterocycles. The van der Waals surface area contributed by atoms with Crippen molar-refractivity contribution in [2.75, 3.05) is 5.73 Å². The fraction of sp³-hybridized carbons (Fsp3) is 0.214. The van der Waals surface area contributed by atoms with Crippen LogP contribution in [0, 0.1) is 13.8 Å². The van der Waals surface area contributed by atoms with Crippen LogP contribution in [0.25, 0.3) is 11.5 Å². The summed E-state index contributed by atoms with van der Waals surface area (Å²) in [6, 6.07) is 5.57. The van der Waals surface area contributed by atoms with Gasteiger partial charge in [0.15, 0.2) is 0 Å². The van der Waals surface area contributed by atoms with E-state index in [-0.39, 0.29) is 0 Å². The molecule has 0 fully saturated rings. The molecule has 0 spiro atoms. The maximum absolute atomic E-state index is 5.66. The van der Waals surface area contributed by atoms with Crippen LogP contribution in [-0.2, 0) is 5.75 Å². The molecule has 3 rings (SSSR count). The molecule has 21 heavy (non-hydrogen) atoms. The number of nitrogens with two attached hydrogens (primary N) is 1. The van der Waals surface area contributed by atoms with E-state index >= 15 is 0 Å². The van der Waals surface area contributed by atoms with Crippen LogP contribution in [-0.4, -0.2) is 15.2 Å². The first-order chi connectivity index (χ1) is 10.1. The summed E-state index contributed by atoms with van der Waals surface area (Å²) in [6.45, 7) is 3.76. The average Bonchev–Trinajstić information content (AvgIpc) is 3.04. The molecule has 7 heteroatoms. The molecular formula is C14H14N4O2S. The fourth-order valence-corrected chi connectivity index (χ4v) is 2.58. The highest BCUT2D eigenvalue weighted by Crippen LogP contribution is 2.27. The molecule has 0 unspecified atom stereocenters. The van der Waals surface area contributed by atoms with E-state index in [1.165, 1.54) is 0 Å². The molecule has 3 heterocycles. The maximum atomic E-state index is 5.66. The average molecular weight is 302 g/mol. The van der Waals surface area contributed by atoms with Gasteiger partial charge in [-0.15, -0.1) is 22.0 Å². The van der Waals surface area contributed by atoms with Crippen LogP contribution in [0.5, 0.6) is 0 Å². The number of pyridine rings is 1. The van der Waals surface area contributed by atoms with Crippen molar-refractivity contribution in [3.63, 3.8) is 0 Å². The third kappa shape index (κ3) is 3.08. The number of aryl methyl sites for hydroxylation is 2. The summed E-state index contributed by atoms with van der Waals surface area (Å²) in [5.41, 5.74) is 6.39. The van der Waals surface area contributed by atoms with Crippen molar-refractivity contribution in [1.82, 2.24) is 15.2 Å². The Morgan fingerprint density at radius 2 is 2.05 bits per heavy atom. The number of nitrogen functional groups attached to an aromatic ring is 1. The van der Waals surface area contributed by atoms with Gasteiger partial charge < -0.3 is 14.6 Å². The highest BCUT2D eigenvalue weighted by atomic mass is 32.2. The monoisotopic (exact) mass is 302 g/mol. The molecule has 0 amide bonds. The lowest BCUT2D eigenvalue weighted by Crippen LogP contribution is -1.88. The van der Waals surface area contributed by atoms with Gasteiger partial charge in [-0.1, -0.05) is 0 Å². The summed E-state index contributed by atoms with van der Waals surface area (Å²) in [5.74, 6) is 3.72. The fourth-order valence-electron chi connectivity index (χ4n) is 1.89. The molecule has 0 aromatic carbocycles. The predicted molar refractivity (Wildman–Crippen MR) is 79.7 cm³/mol. The number of hydrogen-bond donors (Lipinski definition) is 1. The molecular weight excluding hydrogens is 288 g/mol. The molecule has 0 aliphatic carbocycles. The van der Waals surface area contributed by atoms with Crippen molar-refractivity contribution in [3.05, 3.63) is 41.8 Å². The van der Waals surface area contributed by atoms with Gasteiger partial charge in [0.2, 0.25) is 5.89 Å². The third-order valence-electron chi connectivity index (χ3n) is 2.86. The van der Waals surface area contributed by atoms with Crippen molar-refractivity contribution >= 4 is 17.6 Å². The summed E-state index contributed by atoms with van der Waals surface area (Å²) in [6.07, 6.45) is 1.72. The molecule has 0 radical (unpaired) electrons. The first kappa shape index (κ1) is 13.7. The molecule has 0 atom stereocenters. The molecule has 2 N–H and O–H groups in total. The van der Waals surface area contributed by atoms with E-state index in [0.29, 0.717) is 23.4 Å². The first-order valence-corrected chi connectivity index (χ1v) is 7.34. The number of thioether (sulfide) groups is 1. The van der Waals surface area contributed by atoms with E-state index in [1.54, 1.807) is 24.0 Å². The Morgan fingerprint density at radius 1 is 1.19 bits per heavy atom. The SMILES string of the molecule is Cc1cc(-c2nnc(CSc3ccc(N)nc3)o2)c(C)o1. The Labute approximate surface area is 125 Å². The Kier molecular flexibility index (Phi) is 3.66. The number of rotatable bonds is 4. The van der Waals surface area contributed by atoms with Crippen LogP contribution in [0.3, 0.4) is 0 Å². The third-order valence-corrected chi connectivity index (χ3v) is 3.83. The first-order valence-electron chi connectivity index (χ1n) is 6.36. The highest BCUT2D eigenvalue weighted by Gasteiger charge is 2.14. The van der Waals surface area contributed by atoms with Crippen molar-refractivity contribution in [1.29, 1.82) is 0 Å². The van der Waals surface area contributed by atoms with Crippen molar-refractivity contribution < 1.29 is 8.83 Å². The van der Waals surface area contributed by atoms with E-state index in [9.17, 15) is 0 Å². The van der Waals surface area contributed by atoms with Gasteiger partial charge in [0.1, 0.15) is 17.3 Å². The molecule has 6 nitrogen and oxygen atoms in total. The van der Waals surface area contributed by atoms with E-state index < -0.39 is 0 Å². The smallest absolute Gasteiger partial charge is 0.251 e. The minimum absolute atomic E-state index is 0.482. The molecule has 0 bridgehead atoms. The minimum Gasteiger partial charge on any atom is -0.466 e. The number of aromatic nitrogens is 3. The van der Waals surface area contributed by atoms with Crippen molar-refractivity contribution in [3.8, 4) is 11.5 Å². The van der Waals surface area contributed by atoms with E-state index in [0.717, 1.165) is 22.0 Å². The normalized spacial score (nSPS) is 11.0. The Balaban J connectivity index is 1.70. The lowest BCUT2D eigenvalue weighted by atomic mass is 10.2. The van der Waals surface area contributed by atoms with Gasteiger partial charge in [0.05, 0.1) is 11.3 Å². The zero-order valence-corrected chi connectivity index (χ0v) is 12.5. The summed E-state index contributed by atoms with van der Waals surface area (Å²) < 4.78 is 11.1. The minimum atomic E-state index is 0.482. The second-order valence-electron chi connectivity index (χ2n) is 4.54. The van der Waals surface area contributed by atoms with Gasteiger partial charge in [-0.25, -0.2) is 4.98 Å². The van der Waals surface area contributed by atoms with E-state index in [2.05, 4.69) is 15.2 Å². The van der Waals surface area contributed by atoms with Crippen LogP contribution < -0.4 is 5.73 Å². The lowest BCUT2D eigenvalue weighted by molar-refractivity contribution is 0.499. The lowest BCUT2D eigenvalue weighted by Gasteiger charge is -1.98. The summed E-state index contributed by atoms with van der Waals surface area (Å²) in [4.78, 5) is 5.04. The van der Waals surface area contributed by atoms with Crippen LogP contribution >= 0.6 is 11.8 Å². The van der Waals surface area contributed by atoms with Gasteiger partial charge >= 0.3 is 0 Å². The number of furan rings is 1. The van der Waals surface area contributed by atoms with E-state index in [1.807, 2.05) is 26.0 Å². The summed E-state index contributed by atoms with van der Waals surface area (Å²) in [5, 5.41) is 8.11. The second-order valence-corrected chi connectivity index (χ2v) is 5.58. The predicted octanol–water partition coefficient (Wildman–Crippen LogP) is 3.22. The Bertz CT molecular complexity index is 749. The quantitative estimate of drug-likeness (QED) is 0.740. The number of anilines is 1. The number of nitrogens with zero attached hydrogens (tertiary/aromatic N) is 3. The Morgan fingerprint density at radius 3 is 2.71 bits per heavy atom. The van der Waals surface area contributed by atoms with Gasteiger partial charge in [0.25, 0.3) is 5.89 Å². The molecule has 0 saturated heterocycles. The standard InChI is InChI=1S/C14H14N4O2S/c1-8-5-11(9(2)19-8)14-18-17-13(20-14)7-21-10-3-4-12(15)16-6-10/h3-6H,7H2,1-2H3,(H2,15,16). The molecule has 108 valence electrons. The molecule has 0 aliphatic heterocycles. The van der Waals surface area contributed by atoms with Gasteiger partial charge in [0, 0.05) is 11.1 Å². The zero-order chi connectivity index (χ0) is 14.8. The topological polar surface area (TPSA) is 91.0 Å². The largest absolute Gasteiger partial charge is 0.466 e. The Hall–Kier alpha value is -2.28.